The maximum Gasteiger partial charge on any atom is 0.260 e. The van der Waals surface area contributed by atoms with Crippen molar-refractivity contribution in [3.8, 4) is 5.75 Å². The van der Waals surface area contributed by atoms with Gasteiger partial charge in [-0.15, -0.1) is 0 Å². The molecule has 3 rings (SSSR count). The first-order valence-corrected chi connectivity index (χ1v) is 8.55. The summed E-state index contributed by atoms with van der Waals surface area (Å²) >= 11 is 0. The van der Waals surface area contributed by atoms with Crippen LogP contribution in [0.3, 0.4) is 0 Å². The molecule has 0 N–H and O–H groups in total. The lowest BCUT2D eigenvalue weighted by Gasteiger charge is -2.34. The van der Waals surface area contributed by atoms with Crippen LogP contribution in [0.15, 0.2) is 48.5 Å². The maximum absolute atomic E-state index is 12.9. The van der Waals surface area contributed by atoms with E-state index in [4.69, 9.17) is 4.74 Å². The van der Waals surface area contributed by atoms with E-state index in [1.54, 1.807) is 9.80 Å². The molecule has 26 heavy (non-hydrogen) atoms. The van der Waals surface area contributed by atoms with Crippen LogP contribution >= 0.6 is 0 Å². The molecular formula is C20H21FN2O3. The van der Waals surface area contributed by atoms with E-state index < -0.39 is 0 Å². The van der Waals surface area contributed by atoms with Crippen molar-refractivity contribution in [2.45, 2.75) is 6.92 Å². The van der Waals surface area contributed by atoms with Gasteiger partial charge in [0.05, 0.1) is 0 Å². The molecule has 0 bridgehead atoms. The van der Waals surface area contributed by atoms with Crippen molar-refractivity contribution in [1.82, 2.24) is 9.80 Å². The number of ether oxygens (including phenoxy) is 1. The fraction of sp³-hybridized carbons (Fsp3) is 0.300. The first kappa shape index (κ1) is 17.9. The molecule has 0 spiro atoms. The highest BCUT2D eigenvalue weighted by molar-refractivity contribution is 5.94. The second-order valence-electron chi connectivity index (χ2n) is 6.29. The summed E-state index contributed by atoms with van der Waals surface area (Å²) in [5, 5.41) is 0. The van der Waals surface area contributed by atoms with Crippen LogP contribution < -0.4 is 4.74 Å². The summed E-state index contributed by atoms with van der Waals surface area (Å²) in [5.41, 5.74) is 1.71. The van der Waals surface area contributed by atoms with Gasteiger partial charge in [-0.2, -0.15) is 0 Å². The number of hydrogen-bond donors (Lipinski definition) is 0. The summed E-state index contributed by atoms with van der Waals surface area (Å²) in [7, 11) is 0. The third-order valence-corrected chi connectivity index (χ3v) is 4.36. The Morgan fingerprint density at radius 1 is 1.00 bits per heavy atom. The van der Waals surface area contributed by atoms with Crippen LogP contribution in [-0.2, 0) is 4.79 Å². The SMILES string of the molecule is Cc1cccc(C(=O)N2CCN(C(=O)COc3ccc(F)cc3)CC2)c1. The molecule has 5 nitrogen and oxygen atoms in total. The Labute approximate surface area is 152 Å². The van der Waals surface area contributed by atoms with Gasteiger partial charge in [-0.25, -0.2) is 4.39 Å². The van der Waals surface area contributed by atoms with Crippen LogP contribution in [0.4, 0.5) is 4.39 Å². The van der Waals surface area contributed by atoms with Crippen LogP contribution in [0.2, 0.25) is 0 Å². The first-order chi connectivity index (χ1) is 12.5. The standard InChI is InChI=1S/C20H21FN2O3/c1-15-3-2-4-16(13-15)20(25)23-11-9-22(10-12-23)19(24)14-26-18-7-5-17(21)6-8-18/h2-8,13H,9-12,14H2,1H3. The van der Waals surface area contributed by atoms with Gasteiger partial charge in [0.1, 0.15) is 11.6 Å². The van der Waals surface area contributed by atoms with E-state index in [0.717, 1.165) is 5.56 Å². The Bertz CT molecular complexity index is 784. The predicted molar refractivity (Wildman–Crippen MR) is 95.6 cm³/mol. The second kappa shape index (κ2) is 7.99. The molecular weight excluding hydrogens is 335 g/mol. The smallest absolute Gasteiger partial charge is 0.260 e. The lowest BCUT2D eigenvalue weighted by molar-refractivity contribution is -0.134. The molecule has 1 saturated heterocycles. The molecule has 0 atom stereocenters. The first-order valence-electron chi connectivity index (χ1n) is 8.55. The number of nitrogens with zero attached hydrogens (tertiary/aromatic N) is 2. The zero-order valence-corrected chi connectivity index (χ0v) is 14.7. The molecule has 0 radical (unpaired) electrons. The molecule has 2 aromatic carbocycles. The van der Waals surface area contributed by atoms with E-state index in [9.17, 15) is 14.0 Å². The molecule has 2 amide bonds. The molecule has 1 aliphatic heterocycles. The molecule has 0 unspecified atom stereocenters. The minimum Gasteiger partial charge on any atom is -0.484 e. The molecule has 1 aliphatic rings. The topological polar surface area (TPSA) is 49.9 Å². The van der Waals surface area contributed by atoms with Gasteiger partial charge in [0.2, 0.25) is 0 Å². The summed E-state index contributed by atoms with van der Waals surface area (Å²) in [6, 6.07) is 13.1. The molecule has 0 aromatic heterocycles. The van der Waals surface area contributed by atoms with E-state index in [2.05, 4.69) is 0 Å². The Morgan fingerprint density at radius 2 is 1.65 bits per heavy atom. The molecule has 136 valence electrons. The summed E-state index contributed by atoms with van der Waals surface area (Å²) < 4.78 is 18.3. The van der Waals surface area contributed by atoms with Crippen LogP contribution in [0.1, 0.15) is 15.9 Å². The third kappa shape index (κ3) is 4.39. The lowest BCUT2D eigenvalue weighted by Crippen LogP contribution is -2.51. The van der Waals surface area contributed by atoms with Gasteiger partial charge >= 0.3 is 0 Å². The molecule has 2 aromatic rings. The van der Waals surface area contributed by atoms with Crippen molar-refractivity contribution >= 4 is 11.8 Å². The van der Waals surface area contributed by atoms with Crippen LogP contribution in [-0.4, -0.2) is 54.4 Å². The van der Waals surface area contributed by atoms with Crippen molar-refractivity contribution in [1.29, 1.82) is 0 Å². The van der Waals surface area contributed by atoms with Crippen molar-refractivity contribution in [3.05, 3.63) is 65.5 Å². The number of halogens is 1. The minimum atomic E-state index is -0.349. The highest BCUT2D eigenvalue weighted by Crippen LogP contribution is 2.13. The number of piperazine rings is 1. The quantitative estimate of drug-likeness (QED) is 0.846. The van der Waals surface area contributed by atoms with Crippen molar-refractivity contribution in [2.24, 2.45) is 0 Å². The Kier molecular flexibility index (Phi) is 5.51. The van der Waals surface area contributed by atoms with Gasteiger partial charge in [0.15, 0.2) is 6.61 Å². The maximum atomic E-state index is 12.9. The Balaban J connectivity index is 1.49. The number of rotatable bonds is 4. The number of carbonyl (C=O) groups is 2. The van der Waals surface area contributed by atoms with Gasteiger partial charge in [-0.3, -0.25) is 9.59 Å². The van der Waals surface area contributed by atoms with Crippen molar-refractivity contribution in [3.63, 3.8) is 0 Å². The number of benzene rings is 2. The van der Waals surface area contributed by atoms with Crippen LogP contribution in [0.25, 0.3) is 0 Å². The van der Waals surface area contributed by atoms with Gasteiger partial charge < -0.3 is 14.5 Å². The van der Waals surface area contributed by atoms with Gasteiger partial charge in [-0.1, -0.05) is 17.7 Å². The number of hydrogen-bond acceptors (Lipinski definition) is 3. The van der Waals surface area contributed by atoms with Gasteiger partial charge in [0.25, 0.3) is 11.8 Å². The summed E-state index contributed by atoms with van der Waals surface area (Å²) in [6.07, 6.45) is 0. The van der Waals surface area contributed by atoms with E-state index in [0.29, 0.717) is 37.5 Å². The Hall–Kier alpha value is -2.89. The summed E-state index contributed by atoms with van der Waals surface area (Å²) in [6.45, 7) is 3.79. The summed E-state index contributed by atoms with van der Waals surface area (Å²) in [5.74, 6) is -0.0496. The largest absolute Gasteiger partial charge is 0.484 e. The van der Waals surface area contributed by atoms with E-state index in [1.165, 1.54) is 24.3 Å². The Morgan fingerprint density at radius 3 is 2.31 bits per heavy atom. The molecule has 1 heterocycles. The zero-order valence-electron chi connectivity index (χ0n) is 14.7. The fourth-order valence-electron chi connectivity index (χ4n) is 2.89. The van der Waals surface area contributed by atoms with Crippen molar-refractivity contribution < 1.29 is 18.7 Å². The minimum absolute atomic E-state index is 0.0108. The summed E-state index contributed by atoms with van der Waals surface area (Å²) in [4.78, 5) is 28.2. The fourth-order valence-corrected chi connectivity index (χ4v) is 2.89. The van der Waals surface area contributed by atoms with E-state index in [-0.39, 0.29) is 24.2 Å². The number of amides is 2. The molecule has 0 saturated carbocycles. The van der Waals surface area contributed by atoms with E-state index in [1.807, 2.05) is 31.2 Å². The van der Waals surface area contributed by atoms with Gasteiger partial charge in [0, 0.05) is 31.7 Å². The second-order valence-corrected chi connectivity index (χ2v) is 6.29. The van der Waals surface area contributed by atoms with Crippen LogP contribution in [0.5, 0.6) is 5.75 Å². The lowest BCUT2D eigenvalue weighted by atomic mass is 10.1. The van der Waals surface area contributed by atoms with Gasteiger partial charge in [-0.05, 0) is 43.3 Å². The number of aryl methyl sites for hydroxylation is 1. The molecule has 0 aliphatic carbocycles. The van der Waals surface area contributed by atoms with Crippen molar-refractivity contribution in [2.75, 3.05) is 32.8 Å². The molecule has 6 heteroatoms. The average molecular weight is 356 g/mol. The monoisotopic (exact) mass is 356 g/mol. The predicted octanol–water partition coefficient (Wildman–Crippen LogP) is 2.50. The zero-order chi connectivity index (χ0) is 18.5. The molecule has 1 fully saturated rings. The third-order valence-electron chi connectivity index (χ3n) is 4.36. The average Bonchev–Trinajstić information content (AvgIpc) is 2.67. The normalized spacial score (nSPS) is 14.2. The number of carbonyl (C=O) groups excluding carboxylic acids is 2. The van der Waals surface area contributed by atoms with Crippen LogP contribution in [0, 0.1) is 12.7 Å². The highest BCUT2D eigenvalue weighted by atomic mass is 19.1. The van der Waals surface area contributed by atoms with E-state index >= 15 is 0 Å². The highest BCUT2D eigenvalue weighted by Gasteiger charge is 2.25.